The molecule has 0 atom stereocenters. The molecule has 0 aromatic heterocycles. The standard InChI is InChI=1S/C2Cl4.CH2O3/c3-1(4)2(5)6;2-1(3)4/h;(H2,2,3,4). The Morgan fingerprint density at radius 3 is 1.00 bits per heavy atom. The summed E-state index contributed by atoms with van der Waals surface area (Å²) in [6.07, 6.45) is -1.83. The summed E-state index contributed by atoms with van der Waals surface area (Å²) in [4.78, 5) is 8.56. The van der Waals surface area contributed by atoms with Crippen LogP contribution in [0.3, 0.4) is 0 Å². The molecule has 2 N–H and O–H groups in total. The van der Waals surface area contributed by atoms with Crippen LogP contribution in [0.15, 0.2) is 8.98 Å². The van der Waals surface area contributed by atoms with Gasteiger partial charge in [0.2, 0.25) is 0 Å². The van der Waals surface area contributed by atoms with Gasteiger partial charge in [-0.25, -0.2) is 4.79 Å². The second-order valence-electron chi connectivity index (χ2n) is 0.803. The maximum atomic E-state index is 8.56. The maximum absolute atomic E-state index is 8.56. The Kier molecular flexibility index (Phi) is 9.33. The van der Waals surface area contributed by atoms with Crippen LogP contribution in [-0.4, -0.2) is 16.4 Å². The van der Waals surface area contributed by atoms with Crippen molar-refractivity contribution in [2.24, 2.45) is 0 Å². The Balaban J connectivity index is 0. The van der Waals surface area contributed by atoms with Gasteiger partial charge in [-0.1, -0.05) is 46.4 Å². The van der Waals surface area contributed by atoms with Crippen molar-refractivity contribution in [3.8, 4) is 0 Å². The fraction of sp³-hybridized carbons (Fsp3) is 0. The third kappa shape index (κ3) is 24.2. The fourth-order valence-electron chi connectivity index (χ4n) is 0. The molecular weight excluding hydrogens is 226 g/mol. The molecule has 0 saturated heterocycles. The molecule has 0 aliphatic rings. The van der Waals surface area contributed by atoms with Crippen molar-refractivity contribution in [2.45, 2.75) is 0 Å². The lowest BCUT2D eigenvalue weighted by Crippen LogP contribution is -1.81. The first-order valence-corrected chi connectivity index (χ1v) is 3.17. The lowest BCUT2D eigenvalue weighted by Gasteiger charge is -1.75. The van der Waals surface area contributed by atoms with Crippen LogP contribution in [0.25, 0.3) is 0 Å². The molecule has 3 nitrogen and oxygen atoms in total. The molecule has 0 saturated carbocycles. The van der Waals surface area contributed by atoms with E-state index in [0.29, 0.717) is 0 Å². The van der Waals surface area contributed by atoms with E-state index < -0.39 is 6.16 Å². The first-order valence-electron chi connectivity index (χ1n) is 1.66. The number of carbonyl (C=O) groups is 1. The van der Waals surface area contributed by atoms with Crippen molar-refractivity contribution >= 4 is 52.6 Å². The van der Waals surface area contributed by atoms with E-state index in [4.69, 9.17) is 61.4 Å². The zero-order valence-electron chi connectivity index (χ0n) is 4.31. The van der Waals surface area contributed by atoms with Crippen LogP contribution >= 0.6 is 46.4 Å². The second kappa shape index (κ2) is 7.28. The fourth-order valence-corrected chi connectivity index (χ4v) is 0. The van der Waals surface area contributed by atoms with Crippen LogP contribution in [-0.2, 0) is 0 Å². The topological polar surface area (TPSA) is 57.5 Å². The maximum Gasteiger partial charge on any atom is 0.503 e. The van der Waals surface area contributed by atoms with Crippen LogP contribution < -0.4 is 0 Å². The molecule has 0 aromatic carbocycles. The van der Waals surface area contributed by atoms with E-state index in [-0.39, 0.29) is 8.98 Å². The predicted octanol–water partition coefficient (Wildman–Crippen LogP) is 3.29. The Bertz CT molecular complexity index is 121. The van der Waals surface area contributed by atoms with Gasteiger partial charge in [0.15, 0.2) is 0 Å². The van der Waals surface area contributed by atoms with E-state index >= 15 is 0 Å². The zero-order valence-corrected chi connectivity index (χ0v) is 7.34. The Morgan fingerprint density at radius 2 is 1.00 bits per heavy atom. The molecule has 60 valence electrons. The van der Waals surface area contributed by atoms with Crippen molar-refractivity contribution in [3.05, 3.63) is 8.98 Å². The van der Waals surface area contributed by atoms with Crippen molar-refractivity contribution in [1.82, 2.24) is 0 Å². The summed E-state index contributed by atoms with van der Waals surface area (Å²) in [6, 6.07) is 0. The number of carboxylic acid groups (broad SMARTS) is 2. The molecule has 0 aliphatic heterocycles. The van der Waals surface area contributed by atoms with Crippen LogP contribution in [0.5, 0.6) is 0 Å². The zero-order chi connectivity index (χ0) is 8.73. The minimum atomic E-state index is -1.83. The predicted molar refractivity (Wildman–Crippen MR) is 41.1 cm³/mol. The number of halogens is 4. The molecule has 0 bridgehead atoms. The van der Waals surface area contributed by atoms with E-state index in [1.165, 1.54) is 0 Å². The van der Waals surface area contributed by atoms with Gasteiger partial charge in [0.25, 0.3) is 0 Å². The molecule has 0 aliphatic carbocycles. The average Bonchev–Trinajstić information content (AvgIpc) is 1.63. The van der Waals surface area contributed by atoms with E-state index in [2.05, 4.69) is 0 Å². The van der Waals surface area contributed by atoms with E-state index in [1.807, 2.05) is 0 Å². The molecule has 0 rings (SSSR count). The van der Waals surface area contributed by atoms with Gasteiger partial charge in [-0.15, -0.1) is 0 Å². The third-order valence-corrected chi connectivity index (χ3v) is 1.29. The van der Waals surface area contributed by atoms with Gasteiger partial charge in [-0.3, -0.25) is 0 Å². The summed E-state index contributed by atoms with van der Waals surface area (Å²) >= 11 is 20.0. The molecule has 0 fully saturated rings. The quantitative estimate of drug-likeness (QED) is 0.668. The van der Waals surface area contributed by atoms with Gasteiger partial charge >= 0.3 is 6.16 Å². The van der Waals surface area contributed by atoms with E-state index in [1.54, 1.807) is 0 Å². The summed E-state index contributed by atoms with van der Waals surface area (Å²) in [6.45, 7) is 0. The van der Waals surface area contributed by atoms with E-state index in [9.17, 15) is 0 Å². The van der Waals surface area contributed by atoms with Crippen LogP contribution in [0.1, 0.15) is 0 Å². The smallest absolute Gasteiger partial charge is 0.450 e. The number of rotatable bonds is 0. The molecule has 0 radical (unpaired) electrons. The lowest BCUT2D eigenvalue weighted by molar-refractivity contribution is 0.137. The van der Waals surface area contributed by atoms with Gasteiger partial charge in [0.1, 0.15) is 8.98 Å². The number of hydrogen-bond donors (Lipinski definition) is 2. The first kappa shape index (κ1) is 12.8. The summed E-state index contributed by atoms with van der Waals surface area (Å²) in [5.41, 5.74) is 0. The van der Waals surface area contributed by atoms with Gasteiger partial charge < -0.3 is 10.2 Å². The van der Waals surface area contributed by atoms with Gasteiger partial charge in [0, 0.05) is 0 Å². The van der Waals surface area contributed by atoms with Crippen molar-refractivity contribution in [1.29, 1.82) is 0 Å². The highest BCUT2D eigenvalue weighted by molar-refractivity contribution is 6.67. The normalized spacial score (nSPS) is 7.20. The van der Waals surface area contributed by atoms with Crippen LogP contribution in [0, 0.1) is 0 Å². The number of hydrogen-bond acceptors (Lipinski definition) is 1. The highest BCUT2D eigenvalue weighted by atomic mass is 35.5. The lowest BCUT2D eigenvalue weighted by atomic mass is 11.2. The highest BCUT2D eigenvalue weighted by Gasteiger charge is 1.88. The average molecular weight is 228 g/mol. The molecular formula is C3H2Cl4O3. The Hall–Kier alpha value is 0.170. The Labute approximate surface area is 76.7 Å². The summed E-state index contributed by atoms with van der Waals surface area (Å²) in [7, 11) is 0. The SMILES string of the molecule is ClC(Cl)=C(Cl)Cl.O=C(O)O. The molecule has 10 heavy (non-hydrogen) atoms. The molecule has 7 heteroatoms. The molecule has 0 amide bonds. The summed E-state index contributed by atoms with van der Waals surface area (Å²) in [5, 5.41) is 13.9. The van der Waals surface area contributed by atoms with Gasteiger partial charge in [-0.05, 0) is 0 Å². The summed E-state index contributed by atoms with van der Waals surface area (Å²) in [5.74, 6) is 0. The molecule has 0 spiro atoms. The third-order valence-electron chi connectivity index (χ3n) is 0.143. The summed E-state index contributed by atoms with van der Waals surface area (Å²) < 4.78 is -0.198. The first-order chi connectivity index (χ1) is 4.37. The van der Waals surface area contributed by atoms with E-state index in [0.717, 1.165) is 0 Å². The van der Waals surface area contributed by atoms with Crippen LogP contribution in [0.2, 0.25) is 0 Å². The Morgan fingerprint density at radius 1 is 0.900 bits per heavy atom. The largest absolute Gasteiger partial charge is 0.503 e. The molecule has 0 unspecified atom stereocenters. The second-order valence-corrected chi connectivity index (χ2v) is 2.70. The van der Waals surface area contributed by atoms with Crippen molar-refractivity contribution in [2.75, 3.05) is 0 Å². The van der Waals surface area contributed by atoms with Gasteiger partial charge in [-0.2, -0.15) is 0 Å². The monoisotopic (exact) mass is 226 g/mol. The molecule has 0 aromatic rings. The molecule has 0 heterocycles. The minimum absolute atomic E-state index is 0.0988. The van der Waals surface area contributed by atoms with Crippen molar-refractivity contribution < 1.29 is 15.0 Å². The minimum Gasteiger partial charge on any atom is -0.450 e. The van der Waals surface area contributed by atoms with Crippen LogP contribution in [0.4, 0.5) is 4.79 Å². The van der Waals surface area contributed by atoms with Gasteiger partial charge in [0.05, 0.1) is 0 Å². The van der Waals surface area contributed by atoms with Crippen molar-refractivity contribution in [3.63, 3.8) is 0 Å². The highest BCUT2D eigenvalue weighted by Crippen LogP contribution is 2.20.